The van der Waals surface area contributed by atoms with E-state index in [1.807, 2.05) is 16.5 Å². The van der Waals surface area contributed by atoms with Crippen LogP contribution < -0.4 is 0 Å². The molecule has 0 bridgehead atoms. The number of rotatable bonds is 0. The highest BCUT2D eigenvalue weighted by Gasteiger charge is 1.63. The van der Waals surface area contributed by atoms with Crippen LogP contribution in [-0.2, 0) is 0 Å². The number of hydrogen-bond acceptors (Lipinski definition) is 1. The lowest BCUT2D eigenvalue weighted by atomic mass is 13.8. The molecular formula is H5Al3N. The van der Waals surface area contributed by atoms with Crippen molar-refractivity contribution >= 4 is 49.5 Å². The van der Waals surface area contributed by atoms with E-state index in [1.165, 1.54) is 33.0 Å². The van der Waals surface area contributed by atoms with E-state index < -0.39 is 0 Å². The van der Waals surface area contributed by atoms with Crippen LogP contribution in [0.3, 0.4) is 0 Å². The van der Waals surface area contributed by atoms with Crippen molar-refractivity contribution in [3.8, 4) is 0 Å². The Morgan fingerprint density at radius 2 is 1.50 bits per heavy atom. The Balaban J connectivity index is 2.32. The Labute approximate surface area is 51.3 Å². The molecule has 0 atom stereocenters. The summed E-state index contributed by atoms with van der Waals surface area (Å²) in [6.07, 6.45) is 0. The van der Waals surface area contributed by atoms with Gasteiger partial charge in [0.25, 0.3) is 33.0 Å². The van der Waals surface area contributed by atoms with Gasteiger partial charge >= 0.3 is 0 Å². The second kappa shape index (κ2) is 2.78. The average molecular weight is 100.0 g/mol. The Morgan fingerprint density at radius 1 is 1.50 bits per heavy atom. The topological polar surface area (TPSA) is 3.24 Å². The van der Waals surface area contributed by atoms with Gasteiger partial charge in [-0.25, -0.2) is 0 Å². The van der Waals surface area contributed by atoms with E-state index in [0.29, 0.717) is 0 Å². The van der Waals surface area contributed by atoms with Crippen molar-refractivity contribution in [3.63, 3.8) is 0 Å². The molecule has 0 amide bonds. The summed E-state index contributed by atoms with van der Waals surface area (Å²) in [4.78, 5) is 0. The van der Waals surface area contributed by atoms with E-state index in [-0.39, 0.29) is 0 Å². The molecule has 0 rings (SSSR count). The fourth-order valence-corrected chi connectivity index (χ4v) is 0. The van der Waals surface area contributed by atoms with Crippen LogP contribution in [0.25, 0.3) is 0 Å². The molecule has 0 saturated carbocycles. The van der Waals surface area contributed by atoms with Crippen LogP contribution >= 0.6 is 0 Å². The molecule has 0 unspecified atom stereocenters. The first kappa shape index (κ1) is 5.56. The van der Waals surface area contributed by atoms with Crippen molar-refractivity contribution in [2.75, 3.05) is 0 Å². The van der Waals surface area contributed by atoms with Gasteiger partial charge in [0.05, 0.1) is 0 Å². The first-order valence-corrected chi connectivity index (χ1v) is 3.63. The molecule has 0 aromatic carbocycles. The summed E-state index contributed by atoms with van der Waals surface area (Å²) in [6.45, 7) is 0. The van der Waals surface area contributed by atoms with E-state index >= 15 is 0 Å². The molecule has 1 nitrogen and oxygen atoms in total. The fraction of sp³-hybridized carbons (Fsp3) is 0. The van der Waals surface area contributed by atoms with Crippen LogP contribution in [0.2, 0.25) is 0 Å². The molecule has 0 aromatic rings. The first-order chi connectivity index (χ1) is 1.73. The zero-order chi connectivity index (χ0) is 3.58. The van der Waals surface area contributed by atoms with Gasteiger partial charge in [-0.15, -0.1) is 0 Å². The zero-order valence-corrected chi connectivity index (χ0v) is 8.57. The third kappa shape index (κ3) is 9.59. The van der Waals surface area contributed by atoms with Gasteiger partial charge in [-0.3, -0.25) is 0 Å². The summed E-state index contributed by atoms with van der Waals surface area (Å²) in [5.74, 6) is 0. The highest BCUT2D eigenvalue weighted by Crippen LogP contribution is 1.38. The number of hydrogen-bond donors (Lipinski definition) is 0. The highest BCUT2D eigenvalue weighted by atomic mass is 27.2. The second-order valence-corrected chi connectivity index (χ2v) is 9.72. The molecule has 0 aliphatic heterocycles. The maximum absolute atomic E-state index is 2.31. The van der Waals surface area contributed by atoms with E-state index in [2.05, 4.69) is 1.85 Å². The Bertz CT molecular complexity index is 8.00. The lowest BCUT2D eigenvalue weighted by Gasteiger charge is -1.94. The standard InChI is InChI=1S/3Al.N.5H. The average Bonchev–Trinajstić information content (AvgIpc) is 0.811. The Hall–Kier alpha value is 1.56. The van der Waals surface area contributed by atoms with Gasteiger partial charge in [-0.2, -0.15) is 0 Å². The molecule has 0 aromatic heterocycles. The van der Waals surface area contributed by atoms with Crippen LogP contribution in [0.4, 0.5) is 0 Å². The summed E-state index contributed by atoms with van der Waals surface area (Å²) < 4.78 is 2.31. The van der Waals surface area contributed by atoms with Crippen molar-refractivity contribution in [1.82, 2.24) is 1.85 Å². The molecule has 0 spiro atoms. The monoisotopic (exact) mass is 100.0 g/mol. The van der Waals surface area contributed by atoms with E-state index in [9.17, 15) is 0 Å². The molecule has 0 N–H and O–H groups in total. The summed E-state index contributed by atoms with van der Waals surface area (Å²) in [5, 5.41) is 0. The van der Waals surface area contributed by atoms with Gasteiger partial charge in [-0.05, 0) is 0 Å². The minimum Gasteiger partial charge on any atom is -0.580 e. The normalized spacial score (nSPS) is 8.25. The first-order valence-electron chi connectivity index (χ1n) is 1.21. The van der Waals surface area contributed by atoms with Gasteiger partial charge in [-0.1, -0.05) is 0 Å². The molecule has 0 aliphatic carbocycles. The smallest absolute Gasteiger partial charge is 0.276 e. The molecule has 1 radical (unpaired) electrons. The molecule has 4 heteroatoms. The van der Waals surface area contributed by atoms with Gasteiger partial charge < -0.3 is 1.85 Å². The maximum atomic E-state index is 2.31. The largest absolute Gasteiger partial charge is 0.580 e. The maximum Gasteiger partial charge on any atom is 0.276 e. The minimum atomic E-state index is 1.26. The van der Waals surface area contributed by atoms with Crippen molar-refractivity contribution in [2.45, 2.75) is 0 Å². The van der Waals surface area contributed by atoms with Crippen molar-refractivity contribution < 1.29 is 0 Å². The zero-order valence-electron chi connectivity index (χ0n) is 3.15. The fourth-order valence-electron chi connectivity index (χ4n) is 0. The van der Waals surface area contributed by atoms with Crippen molar-refractivity contribution in [1.29, 1.82) is 0 Å². The van der Waals surface area contributed by atoms with Gasteiger partial charge in [0.1, 0.15) is 0 Å². The predicted molar refractivity (Wildman–Crippen MR) is 26.1 cm³/mol. The molecule has 0 fully saturated rings. The number of nitrogens with zero attached hydrogens (tertiary/aromatic N) is 1. The van der Waals surface area contributed by atoms with Crippen LogP contribution in [0.5, 0.6) is 0 Å². The van der Waals surface area contributed by atoms with E-state index in [0.717, 1.165) is 0 Å². The van der Waals surface area contributed by atoms with Crippen LogP contribution in [0.15, 0.2) is 0 Å². The third-order valence-corrected chi connectivity index (χ3v) is 0. The summed E-state index contributed by atoms with van der Waals surface area (Å²) in [6, 6.07) is 0. The molecule has 0 heterocycles. The summed E-state index contributed by atoms with van der Waals surface area (Å²) >= 11 is 4.47. The lowest BCUT2D eigenvalue weighted by Crippen LogP contribution is -2.08. The summed E-state index contributed by atoms with van der Waals surface area (Å²) in [5.41, 5.74) is 0. The highest BCUT2D eigenvalue weighted by molar-refractivity contribution is 6.41. The lowest BCUT2D eigenvalue weighted by molar-refractivity contribution is 1.18. The Kier molecular flexibility index (Phi) is 3.86. The van der Waals surface area contributed by atoms with E-state index in [4.69, 9.17) is 0 Å². The predicted octanol–water partition coefficient (Wildman–Crippen LogP) is -2.80. The van der Waals surface area contributed by atoms with Crippen LogP contribution in [0, 0.1) is 0 Å². The van der Waals surface area contributed by atoms with Crippen molar-refractivity contribution in [3.05, 3.63) is 0 Å². The second-order valence-electron chi connectivity index (χ2n) is 1.08. The molecular weight excluding hydrogens is 95.0 g/mol. The molecule has 4 heavy (non-hydrogen) atoms. The molecule has 19 valence electrons. The quantitative estimate of drug-likeness (QED) is 0.297. The minimum absolute atomic E-state index is 1.26. The van der Waals surface area contributed by atoms with Crippen LogP contribution in [-0.4, -0.2) is 51.4 Å². The van der Waals surface area contributed by atoms with Gasteiger partial charge in [0.15, 0.2) is 0 Å². The van der Waals surface area contributed by atoms with Gasteiger partial charge in [0.2, 0.25) is 16.5 Å². The SMILES string of the molecule is [AlH][N]([AlH2])[AlH2]. The van der Waals surface area contributed by atoms with Crippen molar-refractivity contribution in [2.24, 2.45) is 0 Å². The molecule has 0 aliphatic rings. The Morgan fingerprint density at radius 3 is 1.50 bits per heavy atom. The molecule has 0 saturated heterocycles. The summed E-state index contributed by atoms with van der Waals surface area (Å²) in [7, 11) is 0. The third-order valence-electron chi connectivity index (χ3n) is 0. The van der Waals surface area contributed by atoms with Gasteiger partial charge in [0, 0.05) is 0 Å². The van der Waals surface area contributed by atoms with E-state index in [1.54, 1.807) is 0 Å². The van der Waals surface area contributed by atoms with Crippen LogP contribution in [0.1, 0.15) is 0 Å².